The Bertz CT molecular complexity index is 502. The number of hydrogen-bond acceptors (Lipinski definition) is 8. The fourth-order valence-corrected chi connectivity index (χ4v) is 3.08. The molecule has 2 atom stereocenters. The van der Waals surface area contributed by atoms with Crippen LogP contribution < -0.4 is 0 Å². The van der Waals surface area contributed by atoms with Crippen molar-refractivity contribution in [2.45, 2.75) is 25.0 Å². The van der Waals surface area contributed by atoms with Gasteiger partial charge in [-0.25, -0.2) is 0 Å². The van der Waals surface area contributed by atoms with Crippen LogP contribution in [0.3, 0.4) is 0 Å². The lowest BCUT2D eigenvalue weighted by atomic mass is 10.1. The van der Waals surface area contributed by atoms with Crippen LogP contribution in [-0.2, 0) is 0 Å². The minimum atomic E-state index is -1.02. The summed E-state index contributed by atoms with van der Waals surface area (Å²) in [7, 11) is 0. The molecule has 1 aliphatic rings. The summed E-state index contributed by atoms with van der Waals surface area (Å²) in [6.45, 7) is 7.98. The second-order valence-electron chi connectivity index (χ2n) is 6.65. The number of aliphatic hydroxyl groups is 3. The van der Waals surface area contributed by atoms with E-state index in [9.17, 15) is 15.3 Å². The second-order valence-corrected chi connectivity index (χ2v) is 6.65. The standard InChI is InChI=1S/C18H31N5O3/c1-16-2-6-21(8-4-19)10-11-22(9-5-20)12-13-23(7-3-16)17(14-24)18(26)15-25/h17-18,24-26H,1-3,6-15H2. The van der Waals surface area contributed by atoms with Crippen LogP contribution in [-0.4, -0.2) is 108 Å². The third-order valence-corrected chi connectivity index (χ3v) is 4.85. The van der Waals surface area contributed by atoms with Crippen molar-refractivity contribution in [1.29, 1.82) is 10.5 Å². The second kappa shape index (κ2) is 12.8. The highest BCUT2D eigenvalue weighted by Gasteiger charge is 2.25. The van der Waals surface area contributed by atoms with Gasteiger partial charge in [0.1, 0.15) is 0 Å². The summed E-state index contributed by atoms with van der Waals surface area (Å²) >= 11 is 0. The molecule has 0 aliphatic carbocycles. The topological polar surface area (TPSA) is 118 Å². The summed E-state index contributed by atoms with van der Waals surface area (Å²) in [4.78, 5) is 6.04. The van der Waals surface area contributed by atoms with Crippen molar-refractivity contribution >= 4 is 0 Å². The first-order valence-electron chi connectivity index (χ1n) is 9.04. The van der Waals surface area contributed by atoms with Gasteiger partial charge in [0, 0.05) is 39.3 Å². The highest BCUT2D eigenvalue weighted by Crippen LogP contribution is 2.13. The Morgan fingerprint density at radius 2 is 1.42 bits per heavy atom. The van der Waals surface area contributed by atoms with E-state index < -0.39 is 18.8 Å². The van der Waals surface area contributed by atoms with Crippen LogP contribution in [0.2, 0.25) is 0 Å². The fraction of sp³-hybridized carbons (Fsp3) is 0.778. The molecular weight excluding hydrogens is 334 g/mol. The summed E-state index contributed by atoms with van der Waals surface area (Å²) in [5, 5.41) is 47.0. The van der Waals surface area contributed by atoms with Crippen molar-refractivity contribution in [3.05, 3.63) is 12.2 Å². The molecule has 146 valence electrons. The molecule has 26 heavy (non-hydrogen) atoms. The van der Waals surface area contributed by atoms with Crippen molar-refractivity contribution < 1.29 is 15.3 Å². The van der Waals surface area contributed by atoms with E-state index in [1.54, 1.807) is 0 Å². The lowest BCUT2D eigenvalue weighted by Gasteiger charge is -2.35. The van der Waals surface area contributed by atoms with E-state index in [-0.39, 0.29) is 13.2 Å². The van der Waals surface area contributed by atoms with Crippen LogP contribution in [0.15, 0.2) is 12.2 Å². The summed E-state index contributed by atoms with van der Waals surface area (Å²) < 4.78 is 0. The molecule has 8 heteroatoms. The van der Waals surface area contributed by atoms with Crippen LogP contribution in [0.1, 0.15) is 12.8 Å². The van der Waals surface area contributed by atoms with Crippen molar-refractivity contribution in [2.75, 3.05) is 65.6 Å². The maximum Gasteiger partial charge on any atom is 0.0947 e. The van der Waals surface area contributed by atoms with E-state index in [1.807, 2.05) is 9.80 Å². The number of hydrogen-bond donors (Lipinski definition) is 3. The van der Waals surface area contributed by atoms with Crippen molar-refractivity contribution in [3.63, 3.8) is 0 Å². The first-order valence-corrected chi connectivity index (χ1v) is 9.04. The largest absolute Gasteiger partial charge is 0.395 e. The Kier molecular flexibility index (Phi) is 11.1. The lowest BCUT2D eigenvalue weighted by molar-refractivity contribution is -0.0157. The van der Waals surface area contributed by atoms with Gasteiger partial charge in [0.2, 0.25) is 0 Å². The maximum atomic E-state index is 10.0. The number of nitriles is 2. The van der Waals surface area contributed by atoms with Crippen LogP contribution in [0.4, 0.5) is 0 Å². The van der Waals surface area contributed by atoms with E-state index in [0.29, 0.717) is 45.7 Å². The smallest absolute Gasteiger partial charge is 0.0947 e. The van der Waals surface area contributed by atoms with E-state index in [1.165, 1.54) is 0 Å². The minimum absolute atomic E-state index is 0.248. The summed E-state index contributed by atoms with van der Waals surface area (Å²) in [5.74, 6) is 0. The number of aliphatic hydroxyl groups excluding tert-OH is 3. The van der Waals surface area contributed by atoms with Gasteiger partial charge in [-0.05, 0) is 12.8 Å². The predicted molar refractivity (Wildman–Crippen MR) is 98.0 cm³/mol. The molecule has 3 N–H and O–H groups in total. The van der Waals surface area contributed by atoms with Gasteiger partial charge in [-0.1, -0.05) is 12.2 Å². The highest BCUT2D eigenvalue weighted by molar-refractivity contribution is 4.97. The predicted octanol–water partition coefficient (Wildman–Crippen LogP) is -0.996. The van der Waals surface area contributed by atoms with Gasteiger partial charge in [0.25, 0.3) is 0 Å². The maximum absolute atomic E-state index is 10.0. The van der Waals surface area contributed by atoms with Gasteiger partial charge in [0.05, 0.1) is 50.6 Å². The number of nitrogens with zero attached hydrogens (tertiary/aromatic N) is 5. The Hall–Kier alpha value is -1.52. The molecule has 8 nitrogen and oxygen atoms in total. The minimum Gasteiger partial charge on any atom is -0.395 e. The average Bonchev–Trinajstić information content (AvgIpc) is 2.64. The zero-order valence-electron chi connectivity index (χ0n) is 15.4. The third kappa shape index (κ3) is 7.79. The van der Waals surface area contributed by atoms with Gasteiger partial charge < -0.3 is 15.3 Å². The van der Waals surface area contributed by atoms with E-state index >= 15 is 0 Å². The van der Waals surface area contributed by atoms with Gasteiger partial charge in [-0.3, -0.25) is 14.7 Å². The quantitative estimate of drug-likeness (QED) is 0.405. The van der Waals surface area contributed by atoms with Crippen LogP contribution in [0, 0.1) is 22.7 Å². The first kappa shape index (κ1) is 22.5. The van der Waals surface area contributed by atoms with Crippen molar-refractivity contribution in [3.8, 4) is 12.1 Å². The molecule has 0 bridgehead atoms. The van der Waals surface area contributed by atoms with Crippen LogP contribution in [0.25, 0.3) is 0 Å². The van der Waals surface area contributed by atoms with E-state index in [4.69, 9.17) is 10.5 Å². The molecule has 0 aromatic carbocycles. The Morgan fingerprint density at radius 3 is 1.96 bits per heavy atom. The molecule has 0 aromatic rings. The van der Waals surface area contributed by atoms with Crippen LogP contribution >= 0.6 is 0 Å². The normalized spacial score (nSPS) is 21.8. The average molecular weight is 365 g/mol. The molecule has 0 radical (unpaired) electrons. The molecule has 1 saturated heterocycles. The molecule has 1 rings (SSSR count). The Balaban J connectivity index is 2.86. The third-order valence-electron chi connectivity index (χ3n) is 4.85. The van der Waals surface area contributed by atoms with Gasteiger partial charge in [-0.2, -0.15) is 10.5 Å². The number of rotatable bonds is 6. The Labute approximate surface area is 156 Å². The van der Waals surface area contributed by atoms with Gasteiger partial charge in [0.15, 0.2) is 0 Å². The molecule has 1 fully saturated rings. The van der Waals surface area contributed by atoms with Crippen molar-refractivity contribution in [1.82, 2.24) is 14.7 Å². The molecule has 0 aromatic heterocycles. The summed E-state index contributed by atoms with van der Waals surface area (Å²) in [6, 6.07) is 3.80. The Morgan fingerprint density at radius 1 is 0.885 bits per heavy atom. The molecule has 0 amide bonds. The molecule has 1 aliphatic heterocycles. The van der Waals surface area contributed by atoms with Crippen molar-refractivity contribution in [2.24, 2.45) is 0 Å². The molecule has 0 saturated carbocycles. The SMILES string of the molecule is C=C1CCN(CC#N)CCN(CC#N)CCN(C(CO)C(O)CO)CC1. The van der Waals surface area contributed by atoms with Gasteiger partial charge >= 0.3 is 0 Å². The van der Waals surface area contributed by atoms with Gasteiger partial charge in [-0.15, -0.1) is 0 Å². The zero-order valence-corrected chi connectivity index (χ0v) is 15.4. The summed E-state index contributed by atoms with van der Waals surface area (Å²) in [6.07, 6.45) is 0.477. The molecule has 0 spiro atoms. The molecular formula is C18H31N5O3. The van der Waals surface area contributed by atoms with E-state index in [2.05, 4.69) is 23.6 Å². The fourth-order valence-electron chi connectivity index (χ4n) is 3.08. The highest BCUT2D eigenvalue weighted by atomic mass is 16.3. The summed E-state index contributed by atoms with van der Waals surface area (Å²) in [5.41, 5.74) is 1.06. The lowest BCUT2D eigenvalue weighted by Crippen LogP contribution is -2.51. The molecule has 2 unspecified atom stereocenters. The zero-order chi connectivity index (χ0) is 19.4. The monoisotopic (exact) mass is 365 g/mol. The van der Waals surface area contributed by atoms with E-state index in [0.717, 1.165) is 18.5 Å². The van der Waals surface area contributed by atoms with Crippen LogP contribution in [0.5, 0.6) is 0 Å². The molecule has 1 heterocycles. The first-order chi connectivity index (χ1) is 12.5.